The molecular formula is C17H30IN3OS. The molecule has 1 aliphatic rings. The molecule has 0 saturated carbocycles. The number of hydrogen-bond donors (Lipinski definition) is 1. The number of nitrogens with one attached hydrogen (secondary N) is 1. The Bertz CT molecular complexity index is 453. The van der Waals surface area contributed by atoms with E-state index in [-0.39, 0.29) is 24.0 Å². The Morgan fingerprint density at radius 1 is 1.57 bits per heavy atom. The lowest BCUT2D eigenvalue weighted by atomic mass is 10.1. The fourth-order valence-electron chi connectivity index (χ4n) is 2.90. The molecule has 1 fully saturated rings. The molecule has 132 valence electrons. The summed E-state index contributed by atoms with van der Waals surface area (Å²) >= 11 is 1.84. The van der Waals surface area contributed by atoms with Crippen molar-refractivity contribution in [1.82, 2.24) is 10.2 Å². The highest BCUT2D eigenvalue weighted by Gasteiger charge is 2.24. The van der Waals surface area contributed by atoms with Gasteiger partial charge in [0.15, 0.2) is 5.96 Å². The number of methoxy groups -OCH3 is 1. The van der Waals surface area contributed by atoms with Crippen molar-refractivity contribution < 1.29 is 4.74 Å². The van der Waals surface area contributed by atoms with Crippen LogP contribution in [0.4, 0.5) is 0 Å². The molecule has 0 aliphatic carbocycles. The van der Waals surface area contributed by atoms with Gasteiger partial charge in [-0.05, 0) is 37.1 Å². The van der Waals surface area contributed by atoms with Crippen LogP contribution < -0.4 is 5.32 Å². The molecule has 2 unspecified atom stereocenters. The molecule has 0 bridgehead atoms. The molecule has 1 aromatic heterocycles. The Labute approximate surface area is 161 Å². The maximum atomic E-state index is 5.28. The summed E-state index contributed by atoms with van der Waals surface area (Å²) in [5, 5.41) is 5.59. The van der Waals surface area contributed by atoms with Gasteiger partial charge in [-0.1, -0.05) is 13.0 Å². The third-order valence-corrected chi connectivity index (χ3v) is 4.90. The molecule has 6 heteroatoms. The summed E-state index contributed by atoms with van der Waals surface area (Å²) in [5.74, 6) is 2.28. The molecular weight excluding hydrogens is 421 g/mol. The molecule has 23 heavy (non-hydrogen) atoms. The second-order valence-electron chi connectivity index (χ2n) is 6.14. The lowest BCUT2D eigenvalue weighted by Crippen LogP contribution is -2.40. The van der Waals surface area contributed by atoms with E-state index >= 15 is 0 Å². The van der Waals surface area contributed by atoms with E-state index in [4.69, 9.17) is 9.73 Å². The van der Waals surface area contributed by atoms with Crippen molar-refractivity contribution in [2.45, 2.75) is 26.7 Å². The van der Waals surface area contributed by atoms with Crippen LogP contribution in [-0.2, 0) is 11.2 Å². The quantitative estimate of drug-likeness (QED) is 0.392. The smallest absolute Gasteiger partial charge is 0.193 e. The maximum Gasteiger partial charge on any atom is 0.193 e. The lowest BCUT2D eigenvalue weighted by molar-refractivity contribution is 0.157. The molecule has 2 atom stereocenters. The molecule has 2 heterocycles. The standard InChI is InChI=1S/C17H29N3OS.HI/c1-4-18-17(20-8-7-15(12-20)13-21-3)19-11-14(2)10-16-6-5-9-22-16;/h5-6,9,14-15H,4,7-8,10-13H2,1-3H3,(H,18,19);1H. The molecule has 0 amide bonds. The highest BCUT2D eigenvalue weighted by Crippen LogP contribution is 2.17. The Kier molecular flexibility index (Phi) is 10.1. The second kappa shape index (κ2) is 11.3. The predicted molar refractivity (Wildman–Crippen MR) is 110 cm³/mol. The predicted octanol–water partition coefficient (Wildman–Crippen LogP) is 3.48. The number of rotatable bonds is 7. The Morgan fingerprint density at radius 2 is 2.39 bits per heavy atom. The first-order valence-corrected chi connectivity index (χ1v) is 9.15. The van der Waals surface area contributed by atoms with Crippen LogP contribution in [0.5, 0.6) is 0 Å². The molecule has 0 spiro atoms. The molecule has 0 aromatic carbocycles. The third-order valence-electron chi connectivity index (χ3n) is 4.01. The fraction of sp³-hybridized carbons (Fsp3) is 0.706. The van der Waals surface area contributed by atoms with Crippen molar-refractivity contribution in [3.63, 3.8) is 0 Å². The zero-order valence-electron chi connectivity index (χ0n) is 14.5. The first kappa shape index (κ1) is 20.7. The minimum Gasteiger partial charge on any atom is -0.384 e. The summed E-state index contributed by atoms with van der Waals surface area (Å²) < 4.78 is 5.28. The largest absolute Gasteiger partial charge is 0.384 e. The van der Waals surface area contributed by atoms with Gasteiger partial charge >= 0.3 is 0 Å². The minimum atomic E-state index is 0. The average molecular weight is 451 g/mol. The number of likely N-dealkylation sites (tertiary alicyclic amines) is 1. The van der Waals surface area contributed by atoms with E-state index in [1.54, 1.807) is 7.11 Å². The average Bonchev–Trinajstić information content (AvgIpc) is 3.16. The van der Waals surface area contributed by atoms with Crippen molar-refractivity contribution in [3.8, 4) is 0 Å². The highest BCUT2D eigenvalue weighted by atomic mass is 127. The lowest BCUT2D eigenvalue weighted by Gasteiger charge is -2.22. The van der Waals surface area contributed by atoms with Gasteiger partial charge in [0.1, 0.15) is 0 Å². The summed E-state index contributed by atoms with van der Waals surface area (Å²) in [6.45, 7) is 9.20. The van der Waals surface area contributed by atoms with Crippen LogP contribution in [0.15, 0.2) is 22.5 Å². The van der Waals surface area contributed by atoms with E-state index in [9.17, 15) is 0 Å². The number of aliphatic imine (C=N–C) groups is 1. The topological polar surface area (TPSA) is 36.9 Å². The first-order valence-electron chi connectivity index (χ1n) is 8.27. The van der Waals surface area contributed by atoms with Crippen LogP contribution in [0.1, 0.15) is 25.1 Å². The highest BCUT2D eigenvalue weighted by molar-refractivity contribution is 14.0. The zero-order valence-corrected chi connectivity index (χ0v) is 17.6. The van der Waals surface area contributed by atoms with E-state index in [0.717, 1.165) is 45.2 Å². The maximum absolute atomic E-state index is 5.28. The summed E-state index contributed by atoms with van der Waals surface area (Å²) in [6.07, 6.45) is 2.32. The van der Waals surface area contributed by atoms with E-state index in [1.165, 1.54) is 11.3 Å². The monoisotopic (exact) mass is 451 g/mol. The van der Waals surface area contributed by atoms with Crippen LogP contribution in [0.2, 0.25) is 0 Å². The van der Waals surface area contributed by atoms with Crippen LogP contribution in [-0.4, -0.2) is 50.8 Å². The third kappa shape index (κ3) is 6.97. The molecule has 0 radical (unpaired) electrons. The Morgan fingerprint density at radius 3 is 3.04 bits per heavy atom. The minimum absolute atomic E-state index is 0. The van der Waals surface area contributed by atoms with Crippen molar-refractivity contribution in [3.05, 3.63) is 22.4 Å². The van der Waals surface area contributed by atoms with E-state index < -0.39 is 0 Å². The van der Waals surface area contributed by atoms with Crippen LogP contribution >= 0.6 is 35.3 Å². The van der Waals surface area contributed by atoms with Gasteiger partial charge in [-0.25, -0.2) is 0 Å². The van der Waals surface area contributed by atoms with E-state index in [1.807, 2.05) is 11.3 Å². The summed E-state index contributed by atoms with van der Waals surface area (Å²) in [4.78, 5) is 8.70. The van der Waals surface area contributed by atoms with Crippen LogP contribution in [0.3, 0.4) is 0 Å². The normalized spacial score (nSPS) is 19.5. The van der Waals surface area contributed by atoms with Crippen LogP contribution in [0.25, 0.3) is 0 Å². The number of guanidine groups is 1. The SMILES string of the molecule is CCNC(=NCC(C)Cc1cccs1)N1CCC(COC)C1.I. The summed E-state index contributed by atoms with van der Waals surface area (Å²) in [6, 6.07) is 4.34. The van der Waals surface area contributed by atoms with Gasteiger partial charge in [0.05, 0.1) is 6.61 Å². The molecule has 1 saturated heterocycles. The van der Waals surface area contributed by atoms with Gasteiger partial charge in [-0.15, -0.1) is 35.3 Å². The molecule has 2 rings (SSSR count). The van der Waals surface area contributed by atoms with E-state index in [0.29, 0.717) is 11.8 Å². The molecule has 1 aliphatic heterocycles. The number of halogens is 1. The number of ether oxygens (including phenoxy) is 1. The molecule has 1 N–H and O–H groups in total. The van der Waals surface area contributed by atoms with Crippen molar-refractivity contribution in [2.24, 2.45) is 16.8 Å². The fourth-order valence-corrected chi connectivity index (χ4v) is 3.77. The van der Waals surface area contributed by atoms with Crippen molar-refractivity contribution in [1.29, 1.82) is 0 Å². The summed E-state index contributed by atoms with van der Waals surface area (Å²) in [5.41, 5.74) is 0. The van der Waals surface area contributed by atoms with Gasteiger partial charge in [-0.3, -0.25) is 4.99 Å². The zero-order chi connectivity index (χ0) is 15.8. The van der Waals surface area contributed by atoms with Gasteiger partial charge in [-0.2, -0.15) is 0 Å². The number of hydrogen-bond acceptors (Lipinski definition) is 3. The van der Waals surface area contributed by atoms with Gasteiger partial charge in [0.25, 0.3) is 0 Å². The molecule has 1 aromatic rings. The van der Waals surface area contributed by atoms with Crippen LogP contribution in [0, 0.1) is 11.8 Å². The first-order chi connectivity index (χ1) is 10.7. The second-order valence-corrected chi connectivity index (χ2v) is 7.17. The Hall–Kier alpha value is -0.340. The van der Waals surface area contributed by atoms with Crippen molar-refractivity contribution in [2.75, 3.05) is 39.9 Å². The van der Waals surface area contributed by atoms with Gasteiger partial charge in [0, 0.05) is 44.1 Å². The van der Waals surface area contributed by atoms with Gasteiger partial charge < -0.3 is 15.0 Å². The molecule has 4 nitrogen and oxygen atoms in total. The van der Waals surface area contributed by atoms with Crippen molar-refractivity contribution >= 4 is 41.3 Å². The van der Waals surface area contributed by atoms with E-state index in [2.05, 4.69) is 41.6 Å². The number of thiophene rings is 1. The summed E-state index contributed by atoms with van der Waals surface area (Å²) in [7, 11) is 1.79. The van der Waals surface area contributed by atoms with Gasteiger partial charge in [0.2, 0.25) is 0 Å². The Balaban J connectivity index is 0.00000264. The number of nitrogens with zero attached hydrogens (tertiary/aromatic N) is 2.